The van der Waals surface area contributed by atoms with Gasteiger partial charge in [0.2, 0.25) is 5.91 Å². The van der Waals surface area contributed by atoms with Crippen LogP contribution in [0.4, 0.5) is 4.39 Å². The molecule has 1 heterocycles. The van der Waals surface area contributed by atoms with E-state index in [0.717, 1.165) is 0 Å². The van der Waals surface area contributed by atoms with Crippen LogP contribution < -0.4 is 5.56 Å². The fourth-order valence-electron chi connectivity index (χ4n) is 3.14. The van der Waals surface area contributed by atoms with Crippen LogP contribution in [-0.2, 0) is 4.79 Å². The van der Waals surface area contributed by atoms with Crippen molar-refractivity contribution in [3.05, 3.63) is 64.2 Å². The fourth-order valence-corrected chi connectivity index (χ4v) is 4.15. The van der Waals surface area contributed by atoms with Crippen LogP contribution >= 0.6 is 11.8 Å². The molecular formula is C22H24FN3O2S. The van der Waals surface area contributed by atoms with Crippen molar-refractivity contribution in [3.8, 4) is 5.69 Å². The predicted molar refractivity (Wildman–Crippen MR) is 115 cm³/mol. The van der Waals surface area contributed by atoms with Crippen molar-refractivity contribution in [3.63, 3.8) is 0 Å². The third-order valence-corrected chi connectivity index (χ3v) is 5.90. The van der Waals surface area contributed by atoms with Crippen LogP contribution in [0.3, 0.4) is 0 Å². The zero-order chi connectivity index (χ0) is 21.1. The van der Waals surface area contributed by atoms with Gasteiger partial charge >= 0.3 is 0 Å². The van der Waals surface area contributed by atoms with Crippen molar-refractivity contribution < 1.29 is 9.18 Å². The Labute approximate surface area is 173 Å². The molecule has 0 saturated heterocycles. The molecule has 1 atom stereocenters. The van der Waals surface area contributed by atoms with E-state index in [4.69, 9.17) is 0 Å². The quantitative estimate of drug-likeness (QED) is 0.449. The van der Waals surface area contributed by atoms with Crippen LogP contribution in [-0.4, -0.2) is 38.7 Å². The summed E-state index contributed by atoms with van der Waals surface area (Å²) >= 11 is 1.21. The Morgan fingerprint density at radius 3 is 2.55 bits per heavy atom. The fraction of sp³-hybridized carbons (Fsp3) is 0.318. The van der Waals surface area contributed by atoms with Crippen LogP contribution in [0.2, 0.25) is 0 Å². The Balaban J connectivity index is 2.15. The van der Waals surface area contributed by atoms with E-state index in [1.165, 1.54) is 22.4 Å². The van der Waals surface area contributed by atoms with E-state index in [-0.39, 0.29) is 11.5 Å². The molecule has 0 aliphatic heterocycles. The van der Waals surface area contributed by atoms with Crippen LogP contribution in [0.1, 0.15) is 26.3 Å². The van der Waals surface area contributed by atoms with Gasteiger partial charge in [0.25, 0.3) is 5.56 Å². The van der Waals surface area contributed by atoms with Gasteiger partial charge in [-0.05, 0) is 57.5 Å². The average molecular weight is 414 g/mol. The number of carbonyl (C=O) groups is 1. The lowest BCUT2D eigenvalue weighted by Gasteiger charge is -2.23. The van der Waals surface area contributed by atoms with E-state index >= 15 is 0 Å². The van der Waals surface area contributed by atoms with Gasteiger partial charge in [0.1, 0.15) is 5.82 Å². The summed E-state index contributed by atoms with van der Waals surface area (Å²) in [5.41, 5.74) is 1.14. The number of rotatable bonds is 6. The summed E-state index contributed by atoms with van der Waals surface area (Å²) < 4.78 is 15.6. The van der Waals surface area contributed by atoms with Crippen molar-refractivity contribution in [2.45, 2.75) is 38.1 Å². The molecule has 5 nitrogen and oxygen atoms in total. The van der Waals surface area contributed by atoms with Crippen molar-refractivity contribution in [2.24, 2.45) is 0 Å². The lowest BCUT2D eigenvalue weighted by Crippen LogP contribution is -2.36. The van der Waals surface area contributed by atoms with Crippen molar-refractivity contribution in [2.75, 3.05) is 13.1 Å². The number of halogens is 1. The summed E-state index contributed by atoms with van der Waals surface area (Å²) in [6.07, 6.45) is 0. The molecule has 3 aromatic rings. The molecule has 1 aromatic heterocycles. The average Bonchev–Trinajstić information content (AvgIpc) is 2.71. The van der Waals surface area contributed by atoms with Gasteiger partial charge in [-0.3, -0.25) is 14.2 Å². The number of carbonyl (C=O) groups excluding carboxylic acids is 1. The second-order valence-electron chi connectivity index (χ2n) is 6.76. The molecule has 0 spiro atoms. The number of benzene rings is 2. The third-order valence-electron chi connectivity index (χ3n) is 4.86. The van der Waals surface area contributed by atoms with Crippen molar-refractivity contribution in [1.82, 2.24) is 14.5 Å². The molecule has 0 saturated carbocycles. The largest absolute Gasteiger partial charge is 0.342 e. The molecule has 0 aliphatic rings. The zero-order valence-corrected chi connectivity index (χ0v) is 17.8. The van der Waals surface area contributed by atoms with Gasteiger partial charge in [0, 0.05) is 13.1 Å². The number of amides is 1. The number of aryl methyl sites for hydroxylation is 1. The smallest absolute Gasteiger partial charge is 0.266 e. The number of hydrogen-bond acceptors (Lipinski definition) is 4. The molecule has 0 aliphatic carbocycles. The normalized spacial score (nSPS) is 12.2. The number of para-hydroxylation sites is 1. The Bertz CT molecular complexity index is 1110. The minimum Gasteiger partial charge on any atom is -0.342 e. The summed E-state index contributed by atoms with van der Waals surface area (Å²) in [7, 11) is 0. The Hall–Kier alpha value is -2.67. The summed E-state index contributed by atoms with van der Waals surface area (Å²) in [4.78, 5) is 32.3. The number of nitrogens with zero attached hydrogens (tertiary/aromatic N) is 3. The molecule has 0 bridgehead atoms. The molecule has 7 heteroatoms. The number of thioether (sulfide) groups is 1. The molecule has 29 heavy (non-hydrogen) atoms. The Morgan fingerprint density at radius 1 is 1.21 bits per heavy atom. The molecule has 3 rings (SSSR count). The van der Waals surface area contributed by atoms with Gasteiger partial charge < -0.3 is 4.90 Å². The third kappa shape index (κ3) is 4.19. The molecule has 0 N–H and O–H groups in total. The lowest BCUT2D eigenvalue weighted by atomic mass is 10.2. The first-order valence-electron chi connectivity index (χ1n) is 9.61. The number of aromatic nitrogens is 2. The van der Waals surface area contributed by atoms with Gasteiger partial charge in [-0.15, -0.1) is 0 Å². The highest BCUT2D eigenvalue weighted by atomic mass is 32.2. The maximum absolute atomic E-state index is 14.2. The second kappa shape index (κ2) is 8.78. The number of hydrogen-bond donors (Lipinski definition) is 0. The lowest BCUT2D eigenvalue weighted by molar-refractivity contribution is -0.129. The van der Waals surface area contributed by atoms with E-state index in [0.29, 0.717) is 40.4 Å². The van der Waals surface area contributed by atoms with Gasteiger partial charge in [-0.25, -0.2) is 9.37 Å². The summed E-state index contributed by atoms with van der Waals surface area (Å²) in [6.45, 7) is 8.55. The molecular weight excluding hydrogens is 389 g/mol. The van der Waals surface area contributed by atoms with Crippen molar-refractivity contribution in [1.29, 1.82) is 0 Å². The van der Waals surface area contributed by atoms with Crippen LogP contribution in [0.25, 0.3) is 16.6 Å². The molecule has 152 valence electrons. The highest BCUT2D eigenvalue weighted by Crippen LogP contribution is 2.26. The Kier molecular flexibility index (Phi) is 6.37. The van der Waals surface area contributed by atoms with E-state index < -0.39 is 11.1 Å². The van der Waals surface area contributed by atoms with E-state index in [1.54, 1.807) is 49.1 Å². The molecule has 0 fully saturated rings. The SMILES string of the molecule is CCN(CC)C(=O)C(C)Sc1nc2ccccc2c(=O)n1-c1ccc(C)c(F)c1. The minimum absolute atomic E-state index is 0.0240. The van der Waals surface area contributed by atoms with Gasteiger partial charge in [-0.1, -0.05) is 30.0 Å². The summed E-state index contributed by atoms with van der Waals surface area (Å²) in [5.74, 6) is -0.421. The van der Waals surface area contributed by atoms with E-state index in [2.05, 4.69) is 4.98 Å². The van der Waals surface area contributed by atoms with E-state index in [1.807, 2.05) is 19.9 Å². The summed E-state index contributed by atoms with van der Waals surface area (Å²) in [5, 5.41) is 0.370. The second-order valence-corrected chi connectivity index (χ2v) is 8.06. The first-order valence-corrected chi connectivity index (χ1v) is 10.5. The maximum Gasteiger partial charge on any atom is 0.266 e. The van der Waals surface area contributed by atoms with Gasteiger partial charge in [0.15, 0.2) is 5.16 Å². The zero-order valence-electron chi connectivity index (χ0n) is 17.0. The summed E-state index contributed by atoms with van der Waals surface area (Å²) in [6, 6.07) is 11.7. The Morgan fingerprint density at radius 2 is 1.90 bits per heavy atom. The van der Waals surface area contributed by atoms with Crippen LogP contribution in [0, 0.1) is 12.7 Å². The van der Waals surface area contributed by atoms with Gasteiger partial charge in [0.05, 0.1) is 21.8 Å². The van der Waals surface area contributed by atoms with Crippen LogP contribution in [0.5, 0.6) is 0 Å². The topological polar surface area (TPSA) is 55.2 Å². The molecule has 0 radical (unpaired) electrons. The first-order chi connectivity index (χ1) is 13.9. The molecule has 1 unspecified atom stereocenters. The molecule has 2 aromatic carbocycles. The first kappa shape index (κ1) is 21.0. The van der Waals surface area contributed by atoms with Gasteiger partial charge in [-0.2, -0.15) is 0 Å². The van der Waals surface area contributed by atoms with Crippen molar-refractivity contribution >= 4 is 28.6 Å². The monoisotopic (exact) mass is 413 g/mol. The predicted octanol–water partition coefficient (Wildman–Crippen LogP) is 4.18. The highest BCUT2D eigenvalue weighted by molar-refractivity contribution is 8.00. The minimum atomic E-state index is -0.440. The number of fused-ring (bicyclic) bond motifs is 1. The highest BCUT2D eigenvalue weighted by Gasteiger charge is 2.23. The standard InChI is InChI=1S/C22H24FN3O2S/c1-5-25(6-2)20(27)15(4)29-22-24-19-10-8-7-9-17(19)21(28)26(22)16-12-11-14(3)18(23)13-16/h7-13,15H,5-6H2,1-4H3. The van der Waals surface area contributed by atoms with Crippen LogP contribution in [0.15, 0.2) is 52.4 Å². The van der Waals surface area contributed by atoms with E-state index in [9.17, 15) is 14.0 Å². The molecule has 1 amide bonds. The maximum atomic E-state index is 14.2.